The number of H-pyrrole nitrogens is 1. The number of rotatable bonds is 4. The zero-order chi connectivity index (χ0) is 13.5. The Bertz CT molecular complexity index is 615. The number of amides is 1. The summed E-state index contributed by atoms with van der Waals surface area (Å²) in [6, 6.07) is 7.82. The molecular weight excluding hydrogens is 238 g/mol. The molecular formula is C15H19N3O. The van der Waals surface area contributed by atoms with Gasteiger partial charge in [0.25, 0.3) is 5.91 Å². The van der Waals surface area contributed by atoms with E-state index >= 15 is 0 Å². The first kappa shape index (κ1) is 12.2. The van der Waals surface area contributed by atoms with Gasteiger partial charge in [0.2, 0.25) is 0 Å². The number of para-hydroxylation sites is 1. The molecule has 1 atom stereocenters. The predicted octanol–water partition coefficient (Wildman–Crippen LogP) is 2.03. The van der Waals surface area contributed by atoms with Crippen LogP contribution >= 0.6 is 0 Å². The SMILES string of the molecule is CC(CN)(NC(=O)c1c[nH]c2ccccc12)C1CC1. The van der Waals surface area contributed by atoms with Crippen LogP contribution in [0.2, 0.25) is 0 Å². The maximum atomic E-state index is 12.4. The van der Waals surface area contributed by atoms with E-state index in [9.17, 15) is 4.79 Å². The Hall–Kier alpha value is -1.81. The van der Waals surface area contributed by atoms with Crippen molar-refractivity contribution in [2.45, 2.75) is 25.3 Å². The third kappa shape index (κ3) is 2.12. The van der Waals surface area contributed by atoms with Gasteiger partial charge in [-0.15, -0.1) is 0 Å². The maximum absolute atomic E-state index is 12.4. The average molecular weight is 257 g/mol. The van der Waals surface area contributed by atoms with Crippen LogP contribution in [0, 0.1) is 5.92 Å². The first-order chi connectivity index (χ1) is 9.14. The summed E-state index contributed by atoms with van der Waals surface area (Å²) in [5.74, 6) is 0.476. The summed E-state index contributed by atoms with van der Waals surface area (Å²) in [7, 11) is 0. The quantitative estimate of drug-likeness (QED) is 0.784. The minimum absolute atomic E-state index is 0.0442. The molecule has 1 heterocycles. The number of nitrogens with one attached hydrogen (secondary N) is 2. The topological polar surface area (TPSA) is 70.9 Å². The van der Waals surface area contributed by atoms with E-state index in [-0.39, 0.29) is 11.4 Å². The van der Waals surface area contributed by atoms with Gasteiger partial charge in [0.05, 0.1) is 11.1 Å². The lowest BCUT2D eigenvalue weighted by Gasteiger charge is -2.29. The fourth-order valence-corrected chi connectivity index (χ4v) is 2.63. The zero-order valence-electron chi connectivity index (χ0n) is 11.1. The van der Waals surface area contributed by atoms with Crippen molar-refractivity contribution in [3.05, 3.63) is 36.0 Å². The molecule has 1 amide bonds. The minimum Gasteiger partial charge on any atom is -0.360 e. The highest BCUT2D eigenvalue weighted by Gasteiger charge is 2.41. The van der Waals surface area contributed by atoms with E-state index < -0.39 is 0 Å². The van der Waals surface area contributed by atoms with Crippen LogP contribution in [0.25, 0.3) is 10.9 Å². The number of aromatic amines is 1. The number of hydrogen-bond donors (Lipinski definition) is 3. The number of carbonyl (C=O) groups excluding carboxylic acids is 1. The van der Waals surface area contributed by atoms with Gasteiger partial charge in [0.15, 0.2) is 0 Å². The number of nitrogens with two attached hydrogens (primary N) is 1. The predicted molar refractivity (Wildman–Crippen MR) is 75.9 cm³/mol. The smallest absolute Gasteiger partial charge is 0.253 e. The second kappa shape index (κ2) is 4.38. The molecule has 0 bridgehead atoms. The van der Waals surface area contributed by atoms with Gasteiger partial charge < -0.3 is 16.0 Å². The largest absolute Gasteiger partial charge is 0.360 e. The van der Waals surface area contributed by atoms with E-state index in [1.807, 2.05) is 31.2 Å². The number of hydrogen-bond acceptors (Lipinski definition) is 2. The molecule has 19 heavy (non-hydrogen) atoms. The Morgan fingerprint density at radius 2 is 2.21 bits per heavy atom. The molecule has 1 fully saturated rings. The Morgan fingerprint density at radius 3 is 2.89 bits per heavy atom. The Morgan fingerprint density at radius 1 is 1.47 bits per heavy atom. The van der Waals surface area contributed by atoms with Gasteiger partial charge in [0, 0.05) is 23.6 Å². The van der Waals surface area contributed by atoms with E-state index in [2.05, 4.69) is 10.3 Å². The lowest BCUT2D eigenvalue weighted by Crippen LogP contribution is -2.53. The normalized spacial score (nSPS) is 18.2. The van der Waals surface area contributed by atoms with Crippen molar-refractivity contribution in [1.29, 1.82) is 0 Å². The number of aromatic nitrogens is 1. The van der Waals surface area contributed by atoms with E-state index in [1.54, 1.807) is 6.20 Å². The molecule has 1 aromatic heterocycles. The lowest BCUT2D eigenvalue weighted by molar-refractivity contribution is 0.0899. The highest BCUT2D eigenvalue weighted by Crippen LogP contribution is 2.39. The molecule has 4 N–H and O–H groups in total. The van der Waals surface area contributed by atoms with Crippen LogP contribution in [0.4, 0.5) is 0 Å². The zero-order valence-corrected chi connectivity index (χ0v) is 11.1. The molecule has 4 nitrogen and oxygen atoms in total. The second-order valence-corrected chi connectivity index (χ2v) is 5.60. The summed E-state index contributed by atoms with van der Waals surface area (Å²) in [5.41, 5.74) is 7.23. The summed E-state index contributed by atoms with van der Waals surface area (Å²) in [5, 5.41) is 4.07. The fraction of sp³-hybridized carbons (Fsp3) is 0.400. The first-order valence-electron chi connectivity index (χ1n) is 6.73. The van der Waals surface area contributed by atoms with Gasteiger partial charge in [-0.05, 0) is 31.7 Å². The molecule has 4 heteroatoms. The van der Waals surface area contributed by atoms with Crippen LogP contribution < -0.4 is 11.1 Å². The molecule has 100 valence electrons. The molecule has 0 spiro atoms. The van der Waals surface area contributed by atoms with Crippen molar-refractivity contribution in [1.82, 2.24) is 10.3 Å². The van der Waals surface area contributed by atoms with Gasteiger partial charge in [-0.3, -0.25) is 4.79 Å². The van der Waals surface area contributed by atoms with Crippen molar-refractivity contribution in [2.75, 3.05) is 6.54 Å². The Labute approximate surface area is 112 Å². The third-order valence-corrected chi connectivity index (χ3v) is 4.14. The summed E-state index contributed by atoms with van der Waals surface area (Å²) < 4.78 is 0. The molecule has 2 aromatic rings. The average Bonchev–Trinajstić information content (AvgIpc) is 3.19. The highest BCUT2D eigenvalue weighted by molar-refractivity contribution is 6.06. The first-order valence-corrected chi connectivity index (χ1v) is 6.73. The molecule has 0 saturated heterocycles. The molecule has 1 aromatic carbocycles. The fourth-order valence-electron chi connectivity index (χ4n) is 2.63. The van der Waals surface area contributed by atoms with Crippen molar-refractivity contribution >= 4 is 16.8 Å². The van der Waals surface area contributed by atoms with Crippen LogP contribution in [0.15, 0.2) is 30.5 Å². The van der Waals surface area contributed by atoms with Crippen LogP contribution in [0.5, 0.6) is 0 Å². The van der Waals surface area contributed by atoms with Crippen LogP contribution in [0.3, 0.4) is 0 Å². The van der Waals surface area contributed by atoms with Crippen molar-refractivity contribution in [3.63, 3.8) is 0 Å². The molecule has 1 aliphatic rings. The number of carbonyl (C=O) groups is 1. The maximum Gasteiger partial charge on any atom is 0.253 e. The number of benzene rings is 1. The van der Waals surface area contributed by atoms with Crippen LogP contribution in [-0.4, -0.2) is 23.0 Å². The van der Waals surface area contributed by atoms with Gasteiger partial charge in [-0.1, -0.05) is 18.2 Å². The minimum atomic E-state index is -0.282. The molecule has 1 unspecified atom stereocenters. The van der Waals surface area contributed by atoms with Crippen LogP contribution in [0.1, 0.15) is 30.1 Å². The summed E-state index contributed by atoms with van der Waals surface area (Å²) in [4.78, 5) is 15.6. The monoisotopic (exact) mass is 257 g/mol. The molecule has 0 aliphatic heterocycles. The number of fused-ring (bicyclic) bond motifs is 1. The summed E-state index contributed by atoms with van der Waals surface area (Å²) in [6.07, 6.45) is 4.08. The second-order valence-electron chi connectivity index (χ2n) is 5.60. The summed E-state index contributed by atoms with van der Waals surface area (Å²) >= 11 is 0. The molecule has 1 aliphatic carbocycles. The van der Waals surface area contributed by atoms with Crippen LogP contribution in [-0.2, 0) is 0 Å². The Balaban J connectivity index is 1.87. The van der Waals surface area contributed by atoms with Gasteiger partial charge in [0.1, 0.15) is 0 Å². The van der Waals surface area contributed by atoms with Gasteiger partial charge >= 0.3 is 0 Å². The third-order valence-electron chi connectivity index (χ3n) is 4.14. The Kier molecular flexibility index (Phi) is 2.82. The van der Waals surface area contributed by atoms with E-state index in [0.29, 0.717) is 18.0 Å². The standard InChI is InChI=1S/C15H19N3O/c1-15(9-16,10-6-7-10)18-14(19)12-8-17-13-5-3-2-4-11(12)13/h2-5,8,10,17H,6-7,9,16H2,1H3,(H,18,19). The highest BCUT2D eigenvalue weighted by atomic mass is 16.1. The molecule has 3 rings (SSSR count). The van der Waals surface area contributed by atoms with Crippen molar-refractivity contribution in [3.8, 4) is 0 Å². The molecule has 1 saturated carbocycles. The van der Waals surface area contributed by atoms with Gasteiger partial charge in [-0.25, -0.2) is 0 Å². The van der Waals surface area contributed by atoms with E-state index in [1.165, 1.54) is 0 Å². The van der Waals surface area contributed by atoms with E-state index in [4.69, 9.17) is 5.73 Å². The molecule has 0 radical (unpaired) electrons. The van der Waals surface area contributed by atoms with Gasteiger partial charge in [-0.2, -0.15) is 0 Å². The lowest BCUT2D eigenvalue weighted by atomic mass is 9.95. The van der Waals surface area contributed by atoms with E-state index in [0.717, 1.165) is 23.7 Å². The van der Waals surface area contributed by atoms with Crippen molar-refractivity contribution < 1.29 is 4.79 Å². The van der Waals surface area contributed by atoms with Crippen molar-refractivity contribution in [2.24, 2.45) is 11.7 Å². The summed E-state index contributed by atoms with van der Waals surface area (Å²) in [6.45, 7) is 2.52.